The number of nitrogens with two attached hydrogens (primary N) is 1. The highest BCUT2D eigenvalue weighted by molar-refractivity contribution is 7.88. The predicted molar refractivity (Wildman–Crippen MR) is 58.5 cm³/mol. The lowest BCUT2D eigenvalue weighted by atomic mass is 10.1. The van der Waals surface area contributed by atoms with Gasteiger partial charge in [0.25, 0.3) is 0 Å². The quantitative estimate of drug-likeness (QED) is 0.570. The Balaban J connectivity index is 4.66. The van der Waals surface area contributed by atoms with E-state index in [1.165, 1.54) is 13.8 Å². The number of hydrogen-bond acceptors (Lipinski definition) is 5. The highest BCUT2D eigenvalue weighted by Gasteiger charge is 2.28. The average molecular weight is 255 g/mol. The van der Waals surface area contributed by atoms with Gasteiger partial charge in [-0.05, 0) is 13.8 Å². The van der Waals surface area contributed by atoms with Gasteiger partial charge in [-0.2, -0.15) is 13.1 Å². The van der Waals surface area contributed by atoms with Crippen LogP contribution in [0.2, 0.25) is 0 Å². The van der Waals surface area contributed by atoms with Gasteiger partial charge in [-0.15, -0.1) is 0 Å². The molecule has 15 heavy (non-hydrogen) atoms. The fourth-order valence-electron chi connectivity index (χ4n) is 0.563. The molecule has 0 aromatic rings. The van der Waals surface area contributed by atoms with E-state index in [1.807, 2.05) is 0 Å². The van der Waals surface area contributed by atoms with Crippen molar-refractivity contribution in [1.82, 2.24) is 9.44 Å². The van der Waals surface area contributed by atoms with Crippen molar-refractivity contribution in [2.75, 3.05) is 7.11 Å². The third kappa shape index (κ3) is 4.91. The van der Waals surface area contributed by atoms with Crippen LogP contribution in [0.5, 0.6) is 0 Å². The molecule has 0 radical (unpaired) electrons. The van der Waals surface area contributed by atoms with Crippen LogP contribution in [0.25, 0.3) is 0 Å². The summed E-state index contributed by atoms with van der Waals surface area (Å²) >= 11 is 4.65. The van der Waals surface area contributed by atoms with E-state index in [0.29, 0.717) is 0 Å². The van der Waals surface area contributed by atoms with Crippen LogP contribution in [0.4, 0.5) is 4.79 Å². The standard InChI is InChI=1S/C6H13N3O4S2/c1-6(2,4(7)14)9-15(11,12)8-5(10)13-3/h9H,1-3H3,(H2,7,14)(H,8,10). The zero-order valence-corrected chi connectivity index (χ0v) is 10.2. The Morgan fingerprint density at radius 2 is 1.93 bits per heavy atom. The first-order chi connectivity index (χ1) is 6.60. The lowest BCUT2D eigenvalue weighted by molar-refractivity contribution is 0.177. The van der Waals surface area contributed by atoms with Gasteiger partial charge < -0.3 is 10.5 Å². The minimum Gasteiger partial charge on any atom is -0.452 e. The van der Waals surface area contributed by atoms with Crippen LogP contribution in [0, 0.1) is 0 Å². The number of methoxy groups -OCH3 is 1. The van der Waals surface area contributed by atoms with Crippen molar-refractivity contribution in [3.05, 3.63) is 0 Å². The van der Waals surface area contributed by atoms with Gasteiger partial charge in [0.15, 0.2) is 0 Å². The molecule has 0 saturated carbocycles. The van der Waals surface area contributed by atoms with Gasteiger partial charge in [0.05, 0.1) is 17.6 Å². The molecule has 0 heterocycles. The van der Waals surface area contributed by atoms with Crippen molar-refractivity contribution in [3.8, 4) is 0 Å². The van der Waals surface area contributed by atoms with Gasteiger partial charge >= 0.3 is 16.3 Å². The first-order valence-corrected chi connectivity index (χ1v) is 5.69. The number of carbonyl (C=O) groups is 1. The molecule has 0 bridgehead atoms. The number of carbonyl (C=O) groups excluding carboxylic acids is 1. The minimum atomic E-state index is -4.04. The molecule has 0 fully saturated rings. The number of thiocarbonyl (C=S) groups is 1. The molecule has 0 saturated heterocycles. The Kier molecular flexibility index (Phi) is 4.43. The topological polar surface area (TPSA) is 111 Å². The molecule has 0 spiro atoms. The van der Waals surface area contributed by atoms with Gasteiger partial charge in [0.2, 0.25) is 0 Å². The largest absolute Gasteiger partial charge is 0.452 e. The molecule has 0 rings (SSSR count). The van der Waals surface area contributed by atoms with E-state index >= 15 is 0 Å². The second-order valence-corrected chi connectivity index (χ2v) is 5.04. The molecule has 7 nitrogen and oxygen atoms in total. The van der Waals surface area contributed by atoms with Crippen LogP contribution >= 0.6 is 12.2 Å². The molecular weight excluding hydrogens is 242 g/mol. The van der Waals surface area contributed by atoms with Crippen molar-refractivity contribution < 1.29 is 17.9 Å². The fraction of sp³-hybridized carbons (Fsp3) is 0.667. The fourth-order valence-corrected chi connectivity index (χ4v) is 1.81. The van der Waals surface area contributed by atoms with E-state index in [1.54, 1.807) is 4.72 Å². The Morgan fingerprint density at radius 1 is 1.47 bits per heavy atom. The van der Waals surface area contributed by atoms with Crippen molar-refractivity contribution in [2.24, 2.45) is 5.73 Å². The molecule has 88 valence electrons. The third-order valence-electron chi connectivity index (χ3n) is 1.41. The second-order valence-electron chi connectivity index (χ2n) is 3.19. The molecule has 0 aromatic heterocycles. The van der Waals surface area contributed by atoms with E-state index in [0.717, 1.165) is 7.11 Å². The van der Waals surface area contributed by atoms with Crippen LogP contribution in [0.15, 0.2) is 0 Å². The number of nitrogens with one attached hydrogen (secondary N) is 2. The number of hydrogen-bond donors (Lipinski definition) is 3. The molecular formula is C6H13N3O4S2. The zero-order chi connectivity index (χ0) is 12.3. The Labute approximate surface area is 93.5 Å². The van der Waals surface area contributed by atoms with E-state index in [9.17, 15) is 13.2 Å². The molecule has 4 N–H and O–H groups in total. The summed E-state index contributed by atoms with van der Waals surface area (Å²) in [6.07, 6.45) is -1.10. The van der Waals surface area contributed by atoms with E-state index in [-0.39, 0.29) is 4.99 Å². The van der Waals surface area contributed by atoms with E-state index in [4.69, 9.17) is 5.73 Å². The molecule has 9 heteroatoms. The lowest BCUT2D eigenvalue weighted by Gasteiger charge is -2.23. The summed E-state index contributed by atoms with van der Waals surface area (Å²) in [6.45, 7) is 2.93. The monoisotopic (exact) mass is 255 g/mol. The second kappa shape index (κ2) is 4.73. The van der Waals surface area contributed by atoms with Crippen LogP contribution in [-0.4, -0.2) is 32.1 Å². The van der Waals surface area contributed by atoms with Crippen molar-refractivity contribution in [3.63, 3.8) is 0 Å². The lowest BCUT2D eigenvalue weighted by Crippen LogP contribution is -2.56. The smallest absolute Gasteiger partial charge is 0.421 e. The SMILES string of the molecule is COC(=O)NS(=O)(=O)NC(C)(C)C(N)=S. The first kappa shape index (κ1) is 14.1. The van der Waals surface area contributed by atoms with Crippen LogP contribution < -0.4 is 15.2 Å². The summed E-state index contributed by atoms with van der Waals surface area (Å²) in [5, 5.41) is 0. The van der Waals surface area contributed by atoms with Gasteiger partial charge in [-0.1, -0.05) is 12.2 Å². The third-order valence-corrected chi connectivity index (χ3v) is 3.13. The number of ether oxygens (including phenoxy) is 1. The molecule has 0 aliphatic carbocycles. The van der Waals surface area contributed by atoms with Crippen molar-refractivity contribution in [2.45, 2.75) is 19.4 Å². The summed E-state index contributed by atoms with van der Waals surface area (Å²) in [4.78, 5) is 10.6. The summed E-state index contributed by atoms with van der Waals surface area (Å²) in [5.74, 6) is 0. The van der Waals surface area contributed by atoms with Crippen LogP contribution in [0.3, 0.4) is 0 Å². The maximum Gasteiger partial charge on any atom is 0.421 e. The maximum absolute atomic E-state index is 11.3. The normalized spacial score (nSPS) is 11.9. The Hall–Kier alpha value is -0.930. The first-order valence-electron chi connectivity index (χ1n) is 3.80. The predicted octanol–water partition coefficient (Wildman–Crippen LogP) is -0.758. The van der Waals surface area contributed by atoms with Gasteiger partial charge in [-0.3, -0.25) is 0 Å². The van der Waals surface area contributed by atoms with Gasteiger partial charge in [0, 0.05) is 0 Å². The molecule has 0 atom stereocenters. The van der Waals surface area contributed by atoms with Crippen molar-refractivity contribution >= 4 is 33.5 Å². The summed E-state index contributed by atoms with van der Waals surface area (Å²) < 4.78 is 30.4. The Bertz CT molecular complexity index is 363. The summed E-state index contributed by atoms with van der Waals surface area (Å²) in [6, 6.07) is 0. The van der Waals surface area contributed by atoms with Gasteiger partial charge in [0.1, 0.15) is 0 Å². The Morgan fingerprint density at radius 3 is 2.27 bits per heavy atom. The van der Waals surface area contributed by atoms with Crippen LogP contribution in [-0.2, 0) is 14.9 Å². The molecule has 1 amide bonds. The van der Waals surface area contributed by atoms with E-state index < -0.39 is 21.8 Å². The number of rotatable bonds is 4. The molecule has 0 aliphatic rings. The van der Waals surface area contributed by atoms with E-state index in [2.05, 4.69) is 21.7 Å². The van der Waals surface area contributed by atoms with Crippen molar-refractivity contribution in [1.29, 1.82) is 0 Å². The highest BCUT2D eigenvalue weighted by atomic mass is 32.2. The molecule has 0 unspecified atom stereocenters. The molecule has 0 aliphatic heterocycles. The zero-order valence-electron chi connectivity index (χ0n) is 8.53. The molecule has 0 aromatic carbocycles. The maximum atomic E-state index is 11.3. The average Bonchev–Trinajstić information content (AvgIpc) is 2.00. The highest BCUT2D eigenvalue weighted by Crippen LogP contribution is 2.03. The van der Waals surface area contributed by atoms with Gasteiger partial charge in [-0.25, -0.2) is 9.52 Å². The summed E-state index contributed by atoms with van der Waals surface area (Å²) in [5.41, 5.74) is 4.17. The number of amides is 1. The summed E-state index contributed by atoms with van der Waals surface area (Å²) in [7, 11) is -2.99. The van der Waals surface area contributed by atoms with Crippen LogP contribution in [0.1, 0.15) is 13.8 Å². The minimum absolute atomic E-state index is 0.0438.